The third kappa shape index (κ3) is 8.18. The molecule has 0 radical (unpaired) electrons. The number of rotatable bonds is 10. The molecule has 6 nitrogen and oxygen atoms in total. The van der Waals surface area contributed by atoms with Gasteiger partial charge in [0.25, 0.3) is 0 Å². The van der Waals surface area contributed by atoms with Gasteiger partial charge in [-0.15, -0.1) is 24.0 Å². The van der Waals surface area contributed by atoms with Gasteiger partial charge < -0.3 is 19.9 Å². The second kappa shape index (κ2) is 13.5. The molecule has 0 aliphatic carbocycles. The molecule has 0 saturated carbocycles. The molecule has 1 aromatic carbocycles. The van der Waals surface area contributed by atoms with Gasteiger partial charge in [-0.2, -0.15) is 0 Å². The Morgan fingerprint density at radius 2 is 1.96 bits per heavy atom. The minimum atomic E-state index is 0. The third-order valence-corrected chi connectivity index (χ3v) is 4.40. The van der Waals surface area contributed by atoms with Crippen molar-refractivity contribution >= 4 is 29.9 Å². The summed E-state index contributed by atoms with van der Waals surface area (Å²) in [5.74, 6) is 1.72. The molecule has 2 N–H and O–H groups in total. The Morgan fingerprint density at radius 3 is 2.61 bits per heavy atom. The highest BCUT2D eigenvalue weighted by molar-refractivity contribution is 14.0. The van der Waals surface area contributed by atoms with Gasteiger partial charge in [-0.25, -0.2) is 0 Å². The molecule has 0 fully saturated rings. The van der Waals surface area contributed by atoms with Crippen LogP contribution in [0.1, 0.15) is 49.0 Å². The van der Waals surface area contributed by atoms with Crippen LogP contribution in [0.15, 0.2) is 39.8 Å². The molecule has 2 rings (SSSR count). The first kappa shape index (κ1) is 24.4. The van der Waals surface area contributed by atoms with E-state index in [2.05, 4.69) is 46.8 Å². The van der Waals surface area contributed by atoms with Crippen LogP contribution in [-0.2, 0) is 11.2 Å². The SMILES string of the molecule is CCNC(=NCCCOC(C)c1ccccc1)NCCc1c(C)noc1C.I. The summed E-state index contributed by atoms with van der Waals surface area (Å²) in [5, 5.41) is 10.6. The number of nitrogens with zero attached hydrogens (tertiary/aromatic N) is 2. The van der Waals surface area contributed by atoms with Crippen LogP contribution >= 0.6 is 24.0 Å². The third-order valence-electron chi connectivity index (χ3n) is 4.40. The average molecular weight is 500 g/mol. The molecule has 7 heteroatoms. The fourth-order valence-electron chi connectivity index (χ4n) is 2.84. The van der Waals surface area contributed by atoms with Crippen LogP contribution in [0, 0.1) is 13.8 Å². The Morgan fingerprint density at radius 1 is 1.21 bits per heavy atom. The number of hydrogen-bond acceptors (Lipinski definition) is 4. The maximum atomic E-state index is 5.90. The van der Waals surface area contributed by atoms with Gasteiger partial charge >= 0.3 is 0 Å². The van der Waals surface area contributed by atoms with Gasteiger partial charge in [-0.3, -0.25) is 4.99 Å². The van der Waals surface area contributed by atoms with Crippen LogP contribution in [-0.4, -0.2) is 37.4 Å². The number of aromatic nitrogens is 1. The second-order valence-corrected chi connectivity index (χ2v) is 6.52. The molecule has 0 spiro atoms. The molecule has 1 heterocycles. The molecule has 0 bridgehead atoms. The maximum Gasteiger partial charge on any atom is 0.191 e. The summed E-state index contributed by atoms with van der Waals surface area (Å²) in [7, 11) is 0. The van der Waals surface area contributed by atoms with Crippen LogP contribution in [0.5, 0.6) is 0 Å². The zero-order valence-electron chi connectivity index (χ0n) is 17.3. The molecule has 1 aromatic heterocycles. The number of hydrogen-bond donors (Lipinski definition) is 2. The lowest BCUT2D eigenvalue weighted by Gasteiger charge is -2.13. The summed E-state index contributed by atoms with van der Waals surface area (Å²) in [6.07, 6.45) is 1.86. The standard InChI is InChI=1S/C21H32N4O2.HI/c1-5-22-21(24-14-12-20-16(2)25-27-18(20)4)23-13-9-15-26-17(3)19-10-7-6-8-11-19;/h6-8,10-11,17H,5,9,12-15H2,1-4H3,(H2,22,23,24);1H. The Kier molecular flexibility index (Phi) is 11.8. The van der Waals surface area contributed by atoms with Crippen molar-refractivity contribution in [3.8, 4) is 0 Å². The van der Waals surface area contributed by atoms with Crippen molar-refractivity contribution < 1.29 is 9.26 Å². The van der Waals surface area contributed by atoms with Crippen LogP contribution < -0.4 is 10.6 Å². The number of nitrogens with one attached hydrogen (secondary N) is 2. The predicted octanol–water partition coefficient (Wildman–Crippen LogP) is 4.17. The molecule has 156 valence electrons. The summed E-state index contributed by atoms with van der Waals surface area (Å²) in [6.45, 7) is 11.1. The van der Waals surface area contributed by atoms with E-state index in [0.29, 0.717) is 6.61 Å². The Balaban J connectivity index is 0.00000392. The smallest absolute Gasteiger partial charge is 0.191 e. The van der Waals surface area contributed by atoms with E-state index >= 15 is 0 Å². The van der Waals surface area contributed by atoms with Gasteiger partial charge in [0, 0.05) is 31.8 Å². The van der Waals surface area contributed by atoms with Crippen molar-refractivity contribution in [3.05, 3.63) is 52.9 Å². The van der Waals surface area contributed by atoms with Crippen molar-refractivity contribution in [2.75, 3.05) is 26.2 Å². The summed E-state index contributed by atoms with van der Waals surface area (Å²) >= 11 is 0. The topological polar surface area (TPSA) is 71.7 Å². The van der Waals surface area contributed by atoms with E-state index in [4.69, 9.17) is 9.26 Å². The van der Waals surface area contributed by atoms with Gasteiger partial charge in [-0.1, -0.05) is 35.5 Å². The van der Waals surface area contributed by atoms with E-state index in [-0.39, 0.29) is 30.1 Å². The van der Waals surface area contributed by atoms with Crippen LogP contribution in [0.3, 0.4) is 0 Å². The molecule has 0 amide bonds. The van der Waals surface area contributed by atoms with Gasteiger partial charge in [0.15, 0.2) is 5.96 Å². The van der Waals surface area contributed by atoms with E-state index in [1.165, 1.54) is 11.1 Å². The van der Waals surface area contributed by atoms with E-state index < -0.39 is 0 Å². The van der Waals surface area contributed by atoms with E-state index in [9.17, 15) is 0 Å². The monoisotopic (exact) mass is 500 g/mol. The highest BCUT2D eigenvalue weighted by Gasteiger charge is 2.08. The molecule has 2 aromatic rings. The van der Waals surface area contributed by atoms with Gasteiger partial charge in [0.2, 0.25) is 0 Å². The fraction of sp³-hybridized carbons (Fsp3) is 0.524. The number of guanidine groups is 1. The summed E-state index contributed by atoms with van der Waals surface area (Å²) < 4.78 is 11.1. The zero-order valence-corrected chi connectivity index (χ0v) is 19.7. The largest absolute Gasteiger partial charge is 0.374 e. The first-order valence-corrected chi connectivity index (χ1v) is 9.72. The van der Waals surface area contributed by atoms with Crippen LogP contribution in [0.4, 0.5) is 0 Å². The quantitative estimate of drug-likeness (QED) is 0.222. The molecule has 1 unspecified atom stereocenters. The van der Waals surface area contributed by atoms with E-state index in [1.54, 1.807) is 0 Å². The number of ether oxygens (including phenoxy) is 1. The minimum Gasteiger partial charge on any atom is -0.374 e. The fourth-order valence-corrected chi connectivity index (χ4v) is 2.84. The lowest BCUT2D eigenvalue weighted by Crippen LogP contribution is -2.38. The maximum absolute atomic E-state index is 5.90. The highest BCUT2D eigenvalue weighted by atomic mass is 127. The summed E-state index contributed by atoms with van der Waals surface area (Å²) in [4.78, 5) is 4.62. The molecule has 0 aliphatic rings. The van der Waals surface area contributed by atoms with Gasteiger partial charge in [0.1, 0.15) is 5.76 Å². The second-order valence-electron chi connectivity index (χ2n) is 6.52. The average Bonchev–Trinajstić information content (AvgIpc) is 3.00. The Bertz CT molecular complexity index is 684. The summed E-state index contributed by atoms with van der Waals surface area (Å²) in [6, 6.07) is 10.3. The molecule has 0 saturated heterocycles. The van der Waals surface area contributed by atoms with Crippen molar-refractivity contribution in [1.29, 1.82) is 0 Å². The Labute approximate surface area is 185 Å². The van der Waals surface area contributed by atoms with Crippen molar-refractivity contribution in [3.63, 3.8) is 0 Å². The highest BCUT2D eigenvalue weighted by Crippen LogP contribution is 2.15. The van der Waals surface area contributed by atoms with E-state index in [0.717, 1.165) is 49.9 Å². The van der Waals surface area contributed by atoms with Crippen LogP contribution in [0.2, 0.25) is 0 Å². The van der Waals surface area contributed by atoms with Crippen LogP contribution in [0.25, 0.3) is 0 Å². The number of aryl methyl sites for hydroxylation is 2. The number of aliphatic imine (C=N–C) groups is 1. The van der Waals surface area contributed by atoms with Crippen molar-refractivity contribution in [2.45, 2.75) is 46.6 Å². The lowest BCUT2D eigenvalue weighted by molar-refractivity contribution is 0.0652. The normalized spacial score (nSPS) is 12.4. The number of halogens is 1. The van der Waals surface area contributed by atoms with Crippen molar-refractivity contribution in [1.82, 2.24) is 15.8 Å². The van der Waals surface area contributed by atoms with Gasteiger partial charge in [-0.05, 0) is 46.1 Å². The molecule has 28 heavy (non-hydrogen) atoms. The first-order valence-electron chi connectivity index (χ1n) is 9.72. The van der Waals surface area contributed by atoms with Gasteiger partial charge in [0.05, 0.1) is 11.8 Å². The minimum absolute atomic E-state index is 0. The Hall–Kier alpha value is -1.61. The molecular formula is C21H33IN4O2. The van der Waals surface area contributed by atoms with Crippen molar-refractivity contribution in [2.24, 2.45) is 4.99 Å². The number of benzene rings is 1. The lowest BCUT2D eigenvalue weighted by atomic mass is 10.1. The molecule has 0 aliphatic heterocycles. The zero-order chi connectivity index (χ0) is 19.5. The van der Waals surface area contributed by atoms with E-state index in [1.807, 2.05) is 32.0 Å². The first-order chi connectivity index (χ1) is 13.1. The summed E-state index contributed by atoms with van der Waals surface area (Å²) in [5.41, 5.74) is 3.33. The molecule has 1 atom stereocenters. The molecular weight excluding hydrogens is 467 g/mol. The predicted molar refractivity (Wildman–Crippen MR) is 125 cm³/mol.